The number of hydrazine groups is 1. The highest BCUT2D eigenvalue weighted by Crippen LogP contribution is 2.33. The molecule has 0 saturated carbocycles. The van der Waals surface area contributed by atoms with Crippen molar-refractivity contribution in [1.82, 2.24) is 10.3 Å². The first-order valence-electron chi connectivity index (χ1n) is 6.82. The quantitative estimate of drug-likeness (QED) is 0.840. The second-order valence-corrected chi connectivity index (χ2v) is 7.82. The van der Waals surface area contributed by atoms with Crippen LogP contribution in [-0.2, 0) is 10.0 Å². The molecule has 1 aliphatic rings. The molecule has 4 nitrogen and oxygen atoms in total. The van der Waals surface area contributed by atoms with Crippen molar-refractivity contribution >= 4 is 10.0 Å². The molecule has 0 heterocycles. The van der Waals surface area contributed by atoms with Gasteiger partial charge >= 0.3 is 0 Å². The third-order valence-electron chi connectivity index (χ3n) is 3.65. The second kappa shape index (κ2) is 5.58. The summed E-state index contributed by atoms with van der Waals surface area (Å²) < 4.78 is 24.2. The molecule has 0 aromatic heterocycles. The van der Waals surface area contributed by atoms with Gasteiger partial charge in [-0.2, -0.15) is 0 Å². The van der Waals surface area contributed by atoms with Crippen molar-refractivity contribution in [2.75, 3.05) is 0 Å². The van der Waals surface area contributed by atoms with E-state index in [0.29, 0.717) is 5.41 Å². The summed E-state index contributed by atoms with van der Waals surface area (Å²) in [6.45, 7) is 6.37. The first kappa shape index (κ1) is 15.1. The summed E-state index contributed by atoms with van der Waals surface area (Å²) in [4.78, 5) is 2.72. The van der Waals surface area contributed by atoms with Gasteiger partial charge in [0.1, 0.15) is 0 Å². The van der Waals surface area contributed by atoms with Gasteiger partial charge in [-0.25, -0.2) is 8.42 Å². The summed E-state index contributed by atoms with van der Waals surface area (Å²) >= 11 is 0. The minimum Gasteiger partial charge on any atom is -0.312 e. The van der Waals surface area contributed by atoms with Crippen LogP contribution >= 0.6 is 0 Å². The number of nitrogens with one attached hydrogen (secondary N) is 2. The Morgan fingerprint density at radius 2 is 1.80 bits per heavy atom. The van der Waals surface area contributed by atoms with Crippen LogP contribution in [0.3, 0.4) is 0 Å². The maximum Gasteiger partial charge on any atom is 0.257 e. The molecule has 5 heteroatoms. The monoisotopic (exact) mass is 294 g/mol. The summed E-state index contributed by atoms with van der Waals surface area (Å²) in [7, 11) is -3.51. The predicted molar refractivity (Wildman–Crippen MR) is 80.4 cm³/mol. The van der Waals surface area contributed by atoms with Crippen LogP contribution < -0.4 is 10.3 Å². The molecule has 1 aliphatic carbocycles. The van der Waals surface area contributed by atoms with E-state index in [1.165, 1.54) is 0 Å². The second-order valence-electron chi connectivity index (χ2n) is 6.14. The number of allylic oxidation sites excluding steroid dienone is 2. The van der Waals surface area contributed by atoms with Crippen molar-refractivity contribution in [3.63, 3.8) is 0 Å². The third kappa shape index (κ3) is 3.84. The Morgan fingerprint density at radius 1 is 1.15 bits per heavy atom. The zero-order valence-corrected chi connectivity index (χ0v) is 13.0. The van der Waals surface area contributed by atoms with Crippen molar-refractivity contribution in [2.45, 2.75) is 44.9 Å². The maximum atomic E-state index is 12.1. The molecule has 1 aromatic carbocycles. The van der Waals surface area contributed by atoms with Gasteiger partial charge in [-0.05, 0) is 43.7 Å². The van der Waals surface area contributed by atoms with E-state index < -0.39 is 10.0 Å². The molecule has 0 saturated heterocycles. The van der Waals surface area contributed by atoms with E-state index in [9.17, 15) is 8.42 Å². The fourth-order valence-electron chi connectivity index (χ4n) is 2.10. The molecule has 2 N–H and O–H groups in total. The predicted octanol–water partition coefficient (Wildman–Crippen LogP) is 2.87. The Morgan fingerprint density at radius 3 is 2.35 bits per heavy atom. The Balaban J connectivity index is 2.00. The molecule has 0 aliphatic heterocycles. The van der Waals surface area contributed by atoms with Crippen molar-refractivity contribution in [2.24, 2.45) is 5.41 Å². The minimum absolute atomic E-state index is 0.271. The van der Waals surface area contributed by atoms with Crippen LogP contribution in [-0.4, -0.2) is 8.42 Å². The third-order valence-corrected chi connectivity index (χ3v) is 4.91. The van der Waals surface area contributed by atoms with Crippen molar-refractivity contribution in [3.05, 3.63) is 41.6 Å². The first-order chi connectivity index (χ1) is 9.28. The standard InChI is InChI=1S/C15H22N2O2S/c1-12-4-6-14(7-5-12)20(18,19)17-16-13-8-10-15(2,3)11-9-13/h4-8,16-17H,9-11H2,1-3H3. The molecular formula is C15H22N2O2S. The van der Waals surface area contributed by atoms with E-state index >= 15 is 0 Å². The van der Waals surface area contributed by atoms with Gasteiger partial charge in [0, 0.05) is 5.70 Å². The molecule has 2 rings (SSSR count). The molecule has 0 atom stereocenters. The molecular weight excluding hydrogens is 272 g/mol. The van der Waals surface area contributed by atoms with Gasteiger partial charge in [0.05, 0.1) is 4.90 Å². The van der Waals surface area contributed by atoms with Crippen LogP contribution in [0.5, 0.6) is 0 Å². The Kier molecular flexibility index (Phi) is 4.20. The summed E-state index contributed by atoms with van der Waals surface area (Å²) in [6, 6.07) is 6.79. The summed E-state index contributed by atoms with van der Waals surface area (Å²) in [5.41, 5.74) is 5.12. The summed E-state index contributed by atoms with van der Waals surface area (Å²) in [5, 5.41) is 0. The van der Waals surface area contributed by atoms with Gasteiger partial charge in [-0.1, -0.05) is 37.6 Å². The number of sulfonamides is 1. The largest absolute Gasteiger partial charge is 0.312 e. The molecule has 0 amide bonds. The van der Waals surface area contributed by atoms with Gasteiger partial charge in [0.2, 0.25) is 0 Å². The van der Waals surface area contributed by atoms with Crippen LogP contribution in [0.4, 0.5) is 0 Å². The SMILES string of the molecule is Cc1ccc(S(=O)(=O)NNC2=CCC(C)(C)CC2)cc1. The minimum atomic E-state index is -3.51. The van der Waals surface area contributed by atoms with E-state index in [2.05, 4.69) is 30.2 Å². The first-order valence-corrected chi connectivity index (χ1v) is 8.30. The molecule has 0 unspecified atom stereocenters. The average molecular weight is 294 g/mol. The Hall–Kier alpha value is -1.33. The lowest BCUT2D eigenvalue weighted by atomic mass is 9.80. The molecule has 0 bridgehead atoms. The number of hydrogen-bond acceptors (Lipinski definition) is 3. The normalized spacial score (nSPS) is 18.4. The molecule has 1 aromatic rings. The van der Waals surface area contributed by atoms with Crippen molar-refractivity contribution in [3.8, 4) is 0 Å². The van der Waals surface area contributed by atoms with E-state index in [0.717, 1.165) is 30.5 Å². The average Bonchev–Trinajstić information content (AvgIpc) is 2.38. The highest BCUT2D eigenvalue weighted by Gasteiger charge is 2.22. The summed E-state index contributed by atoms with van der Waals surface area (Å²) in [5.74, 6) is 0. The summed E-state index contributed by atoms with van der Waals surface area (Å²) in [6.07, 6.45) is 4.95. The Bertz CT molecular complexity index is 601. The van der Waals surface area contributed by atoms with E-state index in [-0.39, 0.29) is 4.90 Å². The van der Waals surface area contributed by atoms with E-state index in [4.69, 9.17) is 0 Å². The van der Waals surface area contributed by atoms with Gasteiger partial charge in [-0.15, -0.1) is 4.83 Å². The van der Waals surface area contributed by atoms with E-state index in [1.54, 1.807) is 24.3 Å². The van der Waals surface area contributed by atoms with Crippen LogP contribution in [0.2, 0.25) is 0 Å². The fourth-order valence-corrected chi connectivity index (χ4v) is 2.98. The van der Waals surface area contributed by atoms with Gasteiger partial charge in [0.25, 0.3) is 10.0 Å². The lowest BCUT2D eigenvalue weighted by molar-refractivity contribution is 0.318. The number of hydrogen-bond donors (Lipinski definition) is 2. The topological polar surface area (TPSA) is 58.2 Å². The lowest BCUT2D eigenvalue weighted by Crippen LogP contribution is -2.37. The van der Waals surface area contributed by atoms with E-state index in [1.807, 2.05) is 6.92 Å². The van der Waals surface area contributed by atoms with Crippen molar-refractivity contribution in [1.29, 1.82) is 0 Å². The fraction of sp³-hybridized carbons (Fsp3) is 0.467. The van der Waals surface area contributed by atoms with Crippen LogP contribution in [0.1, 0.15) is 38.7 Å². The maximum absolute atomic E-state index is 12.1. The number of aryl methyl sites for hydroxylation is 1. The van der Waals surface area contributed by atoms with Crippen LogP contribution in [0.25, 0.3) is 0 Å². The van der Waals surface area contributed by atoms with Gasteiger partial charge < -0.3 is 5.43 Å². The zero-order chi connectivity index (χ0) is 14.8. The highest BCUT2D eigenvalue weighted by atomic mass is 32.2. The number of benzene rings is 1. The lowest BCUT2D eigenvalue weighted by Gasteiger charge is -2.28. The van der Waals surface area contributed by atoms with Gasteiger partial charge in [-0.3, -0.25) is 0 Å². The van der Waals surface area contributed by atoms with Gasteiger partial charge in [0.15, 0.2) is 0 Å². The molecule has 110 valence electrons. The zero-order valence-electron chi connectivity index (χ0n) is 12.2. The van der Waals surface area contributed by atoms with Crippen LogP contribution in [0, 0.1) is 12.3 Å². The highest BCUT2D eigenvalue weighted by molar-refractivity contribution is 7.89. The molecule has 0 radical (unpaired) electrons. The van der Waals surface area contributed by atoms with Crippen molar-refractivity contribution < 1.29 is 8.42 Å². The number of rotatable bonds is 4. The van der Waals surface area contributed by atoms with Crippen LogP contribution in [0.15, 0.2) is 40.9 Å². The molecule has 0 fully saturated rings. The molecule has 0 spiro atoms. The smallest absolute Gasteiger partial charge is 0.257 e. The molecule has 20 heavy (non-hydrogen) atoms. The Labute approximate surface area is 121 Å².